The van der Waals surface area contributed by atoms with Gasteiger partial charge in [-0.1, -0.05) is 41.5 Å². The largest absolute Gasteiger partial charge is 0.414 e. The van der Waals surface area contributed by atoms with E-state index in [1.807, 2.05) is 0 Å². The van der Waals surface area contributed by atoms with Gasteiger partial charge in [0.05, 0.1) is 78.4 Å². The Balaban J connectivity index is 4.39. The van der Waals surface area contributed by atoms with E-state index in [2.05, 4.69) is 67.7 Å². The van der Waals surface area contributed by atoms with Crippen LogP contribution in [0.15, 0.2) is 0 Å². The second kappa shape index (κ2) is 17.8. The van der Waals surface area contributed by atoms with Gasteiger partial charge < -0.3 is 32.5 Å². The lowest BCUT2D eigenvalue weighted by molar-refractivity contribution is -0.0799. The smallest absolute Gasteiger partial charge is 0.267 e. The molecule has 0 aliphatic carbocycles. The molecular formula is C25H56O10SSi2. The maximum absolute atomic E-state index is 10.7. The molecule has 0 rings (SSSR count). The van der Waals surface area contributed by atoms with E-state index in [9.17, 15) is 8.42 Å². The van der Waals surface area contributed by atoms with Crippen molar-refractivity contribution in [2.75, 3.05) is 78.4 Å². The summed E-state index contributed by atoms with van der Waals surface area (Å²) in [5.74, 6) is -0.431. The van der Waals surface area contributed by atoms with Gasteiger partial charge in [-0.25, -0.2) is 0 Å². The maximum atomic E-state index is 10.7. The van der Waals surface area contributed by atoms with Crippen molar-refractivity contribution in [2.24, 2.45) is 0 Å². The summed E-state index contributed by atoms with van der Waals surface area (Å²) >= 11 is 0. The third-order valence-corrected chi connectivity index (χ3v) is 16.8. The minimum absolute atomic E-state index is 0.0757. The van der Waals surface area contributed by atoms with Gasteiger partial charge in [0.1, 0.15) is 6.10 Å². The Kier molecular flexibility index (Phi) is 17.8. The van der Waals surface area contributed by atoms with Crippen LogP contribution in [0.1, 0.15) is 41.5 Å². The molecule has 0 unspecified atom stereocenters. The molecule has 38 heavy (non-hydrogen) atoms. The Morgan fingerprint density at radius 2 is 0.974 bits per heavy atom. The average molecular weight is 605 g/mol. The molecule has 0 radical (unpaired) electrons. The predicted octanol–water partition coefficient (Wildman–Crippen LogP) is 4.37. The lowest BCUT2D eigenvalue weighted by Gasteiger charge is -2.36. The van der Waals surface area contributed by atoms with Crippen LogP contribution in [0.5, 0.6) is 0 Å². The van der Waals surface area contributed by atoms with Crippen LogP contribution in [0.25, 0.3) is 0 Å². The van der Waals surface area contributed by atoms with Crippen LogP contribution in [-0.4, -0.2) is 114 Å². The van der Waals surface area contributed by atoms with E-state index >= 15 is 0 Å². The van der Waals surface area contributed by atoms with Gasteiger partial charge in [0.25, 0.3) is 10.1 Å². The maximum Gasteiger partial charge on any atom is 0.267 e. The molecule has 230 valence electrons. The van der Waals surface area contributed by atoms with Crippen LogP contribution in [0, 0.1) is 0 Å². The van der Waals surface area contributed by atoms with Crippen molar-refractivity contribution >= 4 is 26.8 Å². The molecule has 0 heterocycles. The molecule has 0 spiro atoms. The van der Waals surface area contributed by atoms with E-state index in [1.54, 1.807) is 0 Å². The third-order valence-electron chi connectivity index (χ3n) is 7.04. The zero-order valence-electron chi connectivity index (χ0n) is 25.6. The molecule has 0 bridgehead atoms. The van der Waals surface area contributed by atoms with Crippen LogP contribution in [0.2, 0.25) is 36.3 Å². The van der Waals surface area contributed by atoms with Crippen LogP contribution in [0.4, 0.5) is 0 Å². The van der Waals surface area contributed by atoms with Crippen LogP contribution >= 0.6 is 0 Å². The Morgan fingerprint density at radius 3 is 1.37 bits per heavy atom. The van der Waals surface area contributed by atoms with Crippen molar-refractivity contribution in [3.05, 3.63) is 0 Å². The summed E-state index contributed by atoms with van der Waals surface area (Å²) in [6.45, 7) is 26.1. The first-order chi connectivity index (χ1) is 17.3. The summed E-state index contributed by atoms with van der Waals surface area (Å²) in [5.41, 5.74) is 0. The van der Waals surface area contributed by atoms with E-state index in [0.29, 0.717) is 59.5 Å². The fourth-order valence-corrected chi connectivity index (χ4v) is 4.86. The molecule has 0 amide bonds. The number of rotatable bonds is 22. The summed E-state index contributed by atoms with van der Waals surface area (Å²) in [6, 6.07) is 0. The Bertz CT molecular complexity index is 683. The van der Waals surface area contributed by atoms with Gasteiger partial charge >= 0.3 is 0 Å². The van der Waals surface area contributed by atoms with Gasteiger partial charge in [-0.2, -0.15) is 8.42 Å². The first-order valence-corrected chi connectivity index (χ1v) is 20.9. The monoisotopic (exact) mass is 604 g/mol. The van der Waals surface area contributed by atoms with Gasteiger partial charge in [0.15, 0.2) is 16.6 Å². The molecule has 0 atom stereocenters. The van der Waals surface area contributed by atoms with Crippen LogP contribution < -0.4 is 0 Å². The molecular weight excluding hydrogens is 549 g/mol. The van der Waals surface area contributed by atoms with Crippen LogP contribution in [-0.2, 0) is 42.7 Å². The normalized spacial score (nSPS) is 14.0. The highest BCUT2D eigenvalue weighted by Gasteiger charge is 2.37. The van der Waals surface area contributed by atoms with E-state index in [0.717, 1.165) is 0 Å². The molecule has 10 nitrogen and oxygen atoms in total. The van der Waals surface area contributed by atoms with Gasteiger partial charge in [0.2, 0.25) is 0 Å². The predicted molar refractivity (Wildman–Crippen MR) is 156 cm³/mol. The quantitative estimate of drug-likeness (QED) is 0.108. The zero-order valence-corrected chi connectivity index (χ0v) is 28.4. The molecule has 1 N–H and O–H groups in total. The van der Waals surface area contributed by atoms with Crippen molar-refractivity contribution < 1.29 is 45.5 Å². The highest BCUT2D eigenvalue weighted by molar-refractivity contribution is 7.85. The summed E-state index contributed by atoms with van der Waals surface area (Å²) < 4.78 is 70.5. The summed E-state index contributed by atoms with van der Waals surface area (Å²) in [5, 5.41) is 0.307. The van der Waals surface area contributed by atoms with Gasteiger partial charge in [-0.3, -0.25) is 4.55 Å². The molecule has 0 aliphatic rings. The van der Waals surface area contributed by atoms with Gasteiger partial charge in [-0.05, 0) is 36.3 Å². The first kappa shape index (κ1) is 38.1. The van der Waals surface area contributed by atoms with E-state index in [1.165, 1.54) is 0 Å². The van der Waals surface area contributed by atoms with Crippen molar-refractivity contribution in [1.82, 2.24) is 0 Å². The van der Waals surface area contributed by atoms with E-state index < -0.39 is 32.5 Å². The topological polar surface area (TPSA) is 119 Å². The first-order valence-electron chi connectivity index (χ1n) is 13.4. The fraction of sp³-hybridized carbons (Fsp3) is 1.00. The second-order valence-corrected chi connectivity index (χ2v) is 23.6. The molecule has 0 aliphatic heterocycles. The lowest BCUT2D eigenvalue weighted by atomic mass is 10.2. The molecule has 0 saturated heterocycles. The highest BCUT2D eigenvalue weighted by Crippen LogP contribution is 2.37. The average Bonchev–Trinajstić information content (AvgIpc) is 2.74. The molecule has 0 aromatic heterocycles. The molecule has 0 saturated carbocycles. The van der Waals surface area contributed by atoms with Gasteiger partial charge in [0, 0.05) is 0 Å². The zero-order chi connectivity index (χ0) is 29.5. The molecule has 0 aromatic rings. The molecule has 0 aromatic carbocycles. The third kappa shape index (κ3) is 18.4. The minimum Gasteiger partial charge on any atom is -0.414 e. The van der Waals surface area contributed by atoms with Gasteiger partial charge in [-0.15, -0.1) is 0 Å². The van der Waals surface area contributed by atoms with Crippen molar-refractivity contribution in [1.29, 1.82) is 0 Å². The van der Waals surface area contributed by atoms with Crippen molar-refractivity contribution in [2.45, 2.75) is 83.9 Å². The van der Waals surface area contributed by atoms with Crippen molar-refractivity contribution in [3.8, 4) is 0 Å². The van der Waals surface area contributed by atoms with E-state index in [4.69, 9.17) is 37.1 Å². The summed E-state index contributed by atoms with van der Waals surface area (Å²) in [4.78, 5) is 0. The Labute approximate surface area is 234 Å². The standard InChI is InChI=1S/C25H56O10SSi2/c1-24(2,3)37(7,8)34-17-14-31-21-23(22-32-15-18-35-38(9,10)25(4,5)6)33-16-13-29-11-12-30-19-20-36(26,27)28/h23H,11-22H2,1-10H3,(H,26,27,28). The summed E-state index contributed by atoms with van der Waals surface area (Å²) in [7, 11) is -7.63. The SMILES string of the molecule is CC(C)(C)[Si](C)(C)OCCOCC(COCCO[Si](C)(C)C(C)(C)C)OCCOCCOCCS(=O)(=O)O. The van der Waals surface area contributed by atoms with E-state index in [-0.39, 0.29) is 29.4 Å². The van der Waals surface area contributed by atoms with Crippen molar-refractivity contribution in [3.63, 3.8) is 0 Å². The lowest BCUT2D eigenvalue weighted by Crippen LogP contribution is -2.42. The molecule has 0 fully saturated rings. The number of ether oxygens (including phenoxy) is 5. The Hall–Kier alpha value is 0.0638. The Morgan fingerprint density at radius 1 is 0.605 bits per heavy atom. The number of hydrogen-bond donors (Lipinski definition) is 1. The second-order valence-electron chi connectivity index (χ2n) is 12.4. The van der Waals surface area contributed by atoms with Crippen LogP contribution in [0.3, 0.4) is 0 Å². The fourth-order valence-electron chi connectivity index (χ4n) is 2.48. The summed E-state index contributed by atoms with van der Waals surface area (Å²) in [6.07, 6.45) is -0.259. The number of hydrogen-bond acceptors (Lipinski definition) is 9. The minimum atomic E-state index is -4.01. The highest BCUT2D eigenvalue weighted by atomic mass is 32.2. The molecule has 13 heteroatoms.